The Balaban J connectivity index is 1.56. The number of hydrogen-bond donors (Lipinski definition) is 2. The molecule has 2 aromatic carbocycles. The third-order valence-electron chi connectivity index (χ3n) is 3.87. The maximum atomic E-state index is 11.7. The fraction of sp³-hybridized carbons (Fsp3) is 0.150. The summed E-state index contributed by atoms with van der Waals surface area (Å²) in [6.45, 7) is 2.66. The van der Waals surface area contributed by atoms with Crippen LogP contribution in [0, 0.1) is 0 Å². The molecule has 0 unspecified atom stereocenters. The summed E-state index contributed by atoms with van der Waals surface area (Å²) in [6.07, 6.45) is 3.51. The van der Waals surface area contributed by atoms with E-state index in [0.717, 1.165) is 16.9 Å². The highest BCUT2D eigenvalue weighted by Gasteiger charge is 2.07. The number of benzene rings is 2. The molecule has 9 heteroatoms. The lowest BCUT2D eigenvalue weighted by Gasteiger charge is -2.09. The van der Waals surface area contributed by atoms with E-state index in [0.29, 0.717) is 33.9 Å². The van der Waals surface area contributed by atoms with Gasteiger partial charge in [0.25, 0.3) is 0 Å². The van der Waals surface area contributed by atoms with E-state index in [-0.39, 0.29) is 5.97 Å². The van der Waals surface area contributed by atoms with Crippen molar-refractivity contribution in [3.05, 3.63) is 76.0 Å². The van der Waals surface area contributed by atoms with E-state index in [9.17, 15) is 4.79 Å². The van der Waals surface area contributed by atoms with Gasteiger partial charge in [-0.05, 0) is 61.1 Å². The van der Waals surface area contributed by atoms with E-state index in [2.05, 4.69) is 15.7 Å². The molecule has 150 valence electrons. The molecule has 0 amide bonds. The van der Waals surface area contributed by atoms with Gasteiger partial charge in [0.05, 0.1) is 40.6 Å². The van der Waals surface area contributed by atoms with Gasteiger partial charge >= 0.3 is 5.97 Å². The van der Waals surface area contributed by atoms with Gasteiger partial charge in [0.2, 0.25) is 0 Å². The standard InChI is InChI=1S/C20H18Cl2N4O2S/c1-2-28-19(27)14-4-6-15(7-5-14)24-20(29)25-16-10-23-26(12-16)11-13-3-8-17(21)18(22)9-13/h3-10,12H,2,11H2,1H3,(H2,24,25,29). The number of hydrogen-bond acceptors (Lipinski definition) is 4. The molecule has 0 spiro atoms. The number of nitrogens with zero attached hydrogens (tertiary/aromatic N) is 2. The van der Waals surface area contributed by atoms with Crippen LogP contribution in [0.25, 0.3) is 0 Å². The van der Waals surface area contributed by atoms with Gasteiger partial charge in [-0.25, -0.2) is 4.79 Å². The predicted molar refractivity (Wildman–Crippen MR) is 120 cm³/mol. The molecule has 0 saturated carbocycles. The van der Waals surface area contributed by atoms with Crippen molar-refractivity contribution in [2.45, 2.75) is 13.5 Å². The summed E-state index contributed by atoms with van der Waals surface area (Å²) in [4.78, 5) is 11.7. The van der Waals surface area contributed by atoms with Crippen molar-refractivity contribution in [3.8, 4) is 0 Å². The van der Waals surface area contributed by atoms with E-state index >= 15 is 0 Å². The summed E-state index contributed by atoms with van der Waals surface area (Å²) >= 11 is 17.3. The van der Waals surface area contributed by atoms with E-state index in [1.807, 2.05) is 18.3 Å². The molecule has 0 aliphatic heterocycles. The van der Waals surface area contributed by atoms with Crippen LogP contribution in [0.15, 0.2) is 54.9 Å². The number of thiocarbonyl (C=S) groups is 1. The van der Waals surface area contributed by atoms with Gasteiger partial charge < -0.3 is 15.4 Å². The van der Waals surface area contributed by atoms with Crippen LogP contribution in [0.1, 0.15) is 22.8 Å². The lowest BCUT2D eigenvalue weighted by atomic mass is 10.2. The Morgan fingerprint density at radius 3 is 2.52 bits per heavy atom. The van der Waals surface area contributed by atoms with Crippen molar-refractivity contribution in [1.29, 1.82) is 0 Å². The number of anilines is 2. The minimum atomic E-state index is -0.353. The van der Waals surface area contributed by atoms with Crippen molar-refractivity contribution in [3.63, 3.8) is 0 Å². The van der Waals surface area contributed by atoms with Gasteiger partial charge in [-0.1, -0.05) is 29.3 Å². The first-order chi connectivity index (χ1) is 13.9. The van der Waals surface area contributed by atoms with Gasteiger partial charge in [0, 0.05) is 11.9 Å². The number of halogens is 2. The third-order valence-corrected chi connectivity index (χ3v) is 4.82. The average Bonchev–Trinajstić information content (AvgIpc) is 3.12. The number of esters is 1. The minimum Gasteiger partial charge on any atom is -0.462 e. The Morgan fingerprint density at radius 1 is 1.10 bits per heavy atom. The molecule has 6 nitrogen and oxygen atoms in total. The average molecular weight is 449 g/mol. The van der Waals surface area contributed by atoms with Gasteiger partial charge in [-0.2, -0.15) is 5.10 Å². The molecule has 3 rings (SSSR count). The van der Waals surface area contributed by atoms with Crippen molar-refractivity contribution in [2.24, 2.45) is 0 Å². The smallest absolute Gasteiger partial charge is 0.338 e. The molecule has 0 atom stereocenters. The van der Waals surface area contributed by atoms with E-state index in [1.54, 1.807) is 48.1 Å². The Morgan fingerprint density at radius 2 is 1.83 bits per heavy atom. The molecule has 0 bridgehead atoms. The van der Waals surface area contributed by atoms with Crippen LogP contribution in [0.4, 0.5) is 11.4 Å². The largest absolute Gasteiger partial charge is 0.462 e. The number of ether oxygens (including phenoxy) is 1. The van der Waals surface area contributed by atoms with E-state index in [4.69, 9.17) is 40.2 Å². The van der Waals surface area contributed by atoms with E-state index < -0.39 is 0 Å². The summed E-state index contributed by atoms with van der Waals surface area (Å²) in [5, 5.41) is 11.9. The number of nitrogens with one attached hydrogen (secondary N) is 2. The molecular weight excluding hydrogens is 431 g/mol. The summed E-state index contributed by atoms with van der Waals surface area (Å²) in [5.41, 5.74) is 2.96. The third kappa shape index (κ3) is 5.93. The molecule has 0 aliphatic carbocycles. The predicted octanol–water partition coefficient (Wildman–Crippen LogP) is 5.22. The molecule has 1 aromatic heterocycles. The lowest BCUT2D eigenvalue weighted by Crippen LogP contribution is -2.18. The first kappa shape index (κ1) is 21.1. The summed E-state index contributed by atoms with van der Waals surface area (Å²) in [6, 6.07) is 12.3. The van der Waals surface area contributed by atoms with Crippen LogP contribution in [0.3, 0.4) is 0 Å². The van der Waals surface area contributed by atoms with Crippen molar-refractivity contribution in [2.75, 3.05) is 17.2 Å². The van der Waals surface area contributed by atoms with Crippen molar-refractivity contribution >= 4 is 57.9 Å². The molecule has 1 heterocycles. The van der Waals surface area contributed by atoms with Crippen molar-refractivity contribution in [1.82, 2.24) is 9.78 Å². The summed E-state index contributed by atoms with van der Waals surface area (Å²) < 4.78 is 6.73. The lowest BCUT2D eigenvalue weighted by molar-refractivity contribution is 0.0526. The van der Waals surface area contributed by atoms with Crippen LogP contribution >= 0.6 is 35.4 Å². The molecule has 0 fully saturated rings. The number of rotatable bonds is 6. The Labute approximate surface area is 183 Å². The van der Waals surface area contributed by atoms with Gasteiger partial charge in [0.1, 0.15) is 0 Å². The number of aromatic nitrogens is 2. The van der Waals surface area contributed by atoms with Crippen molar-refractivity contribution < 1.29 is 9.53 Å². The second-order valence-electron chi connectivity index (χ2n) is 6.05. The Bertz CT molecular complexity index is 1020. The topological polar surface area (TPSA) is 68.2 Å². The van der Waals surface area contributed by atoms with Gasteiger partial charge in [-0.3, -0.25) is 4.68 Å². The first-order valence-electron chi connectivity index (χ1n) is 8.76. The van der Waals surface area contributed by atoms with Gasteiger partial charge in [-0.15, -0.1) is 0 Å². The number of carbonyl (C=O) groups excluding carboxylic acids is 1. The van der Waals surface area contributed by atoms with Gasteiger partial charge in [0.15, 0.2) is 5.11 Å². The highest BCUT2D eigenvalue weighted by molar-refractivity contribution is 7.80. The molecule has 0 saturated heterocycles. The van der Waals surface area contributed by atoms with Crippen LogP contribution in [0.5, 0.6) is 0 Å². The van der Waals surface area contributed by atoms with Crippen LogP contribution in [-0.4, -0.2) is 27.5 Å². The highest BCUT2D eigenvalue weighted by atomic mass is 35.5. The molecule has 0 radical (unpaired) electrons. The van der Waals surface area contributed by atoms with Crippen LogP contribution in [-0.2, 0) is 11.3 Å². The second-order valence-corrected chi connectivity index (χ2v) is 7.27. The molecule has 3 aromatic rings. The summed E-state index contributed by atoms with van der Waals surface area (Å²) in [7, 11) is 0. The zero-order valence-corrected chi connectivity index (χ0v) is 17.8. The van der Waals surface area contributed by atoms with E-state index in [1.165, 1.54) is 0 Å². The Kier molecular flexibility index (Phi) is 7.09. The maximum absolute atomic E-state index is 11.7. The summed E-state index contributed by atoms with van der Waals surface area (Å²) in [5.74, 6) is -0.353. The SMILES string of the molecule is CCOC(=O)c1ccc(NC(=S)Nc2cnn(Cc3ccc(Cl)c(Cl)c3)c2)cc1. The minimum absolute atomic E-state index is 0.339. The number of carbonyl (C=O) groups is 1. The zero-order chi connectivity index (χ0) is 20.8. The fourth-order valence-electron chi connectivity index (χ4n) is 2.54. The van der Waals surface area contributed by atoms with Crippen LogP contribution in [0.2, 0.25) is 10.0 Å². The molecular formula is C20H18Cl2N4O2S. The monoisotopic (exact) mass is 448 g/mol. The Hall–Kier alpha value is -2.61. The zero-order valence-electron chi connectivity index (χ0n) is 15.5. The quantitative estimate of drug-likeness (QED) is 0.397. The normalized spacial score (nSPS) is 10.4. The van der Waals surface area contributed by atoms with Crippen LogP contribution < -0.4 is 10.6 Å². The molecule has 0 aliphatic rings. The second kappa shape index (κ2) is 9.73. The first-order valence-corrected chi connectivity index (χ1v) is 9.92. The fourth-order valence-corrected chi connectivity index (χ4v) is 3.09. The molecule has 2 N–H and O–H groups in total. The maximum Gasteiger partial charge on any atom is 0.338 e. The highest BCUT2D eigenvalue weighted by Crippen LogP contribution is 2.23. The molecule has 29 heavy (non-hydrogen) atoms.